The molecule has 0 spiro atoms. The number of nitrogens with one attached hydrogen (secondary N) is 2. The molecule has 1 aliphatic heterocycles. The minimum Gasteiger partial charge on any atom is -0.389 e. The van der Waals surface area contributed by atoms with Crippen LogP contribution in [0.5, 0.6) is 0 Å². The molecule has 2 unspecified atom stereocenters. The number of hydrogen-bond acceptors (Lipinski definition) is 6. The molecule has 0 radical (unpaired) electrons. The van der Waals surface area contributed by atoms with E-state index in [-0.39, 0.29) is 11.7 Å². The van der Waals surface area contributed by atoms with Crippen LogP contribution in [0.4, 0.5) is 4.39 Å². The standard InChI is InChI=1S/C22H23FN4O2/c1-14(16-7-8-19(20(23)9-16)15-5-3-2-4-6-15)21-10-18(29-27-21)13-26-22-24-11-17(28)12-25-22/h2-10,14,17,28H,11-13H2,1H3,(H2,24,25,26). The van der Waals surface area contributed by atoms with Crippen LogP contribution in [0.2, 0.25) is 0 Å². The van der Waals surface area contributed by atoms with Crippen molar-refractivity contribution in [2.45, 2.75) is 25.5 Å². The molecule has 0 fully saturated rings. The van der Waals surface area contributed by atoms with Crippen molar-refractivity contribution < 1.29 is 14.0 Å². The summed E-state index contributed by atoms with van der Waals surface area (Å²) in [6.07, 6.45) is -0.452. The van der Waals surface area contributed by atoms with Crippen molar-refractivity contribution in [2.24, 2.45) is 4.99 Å². The maximum absolute atomic E-state index is 14.7. The zero-order valence-corrected chi connectivity index (χ0v) is 16.1. The molecule has 4 rings (SSSR count). The van der Waals surface area contributed by atoms with Gasteiger partial charge < -0.3 is 20.3 Å². The number of guanidine groups is 1. The second-order valence-corrected chi connectivity index (χ2v) is 7.12. The van der Waals surface area contributed by atoms with Gasteiger partial charge in [-0.15, -0.1) is 0 Å². The molecule has 1 aliphatic rings. The van der Waals surface area contributed by atoms with Gasteiger partial charge in [0.05, 0.1) is 24.9 Å². The molecule has 2 heterocycles. The lowest BCUT2D eigenvalue weighted by Crippen LogP contribution is -2.45. The highest BCUT2D eigenvalue weighted by Gasteiger charge is 2.17. The quantitative estimate of drug-likeness (QED) is 0.620. The average Bonchev–Trinajstić information content (AvgIpc) is 3.22. The minimum atomic E-state index is -0.452. The topological polar surface area (TPSA) is 82.7 Å². The van der Waals surface area contributed by atoms with E-state index in [4.69, 9.17) is 4.52 Å². The molecule has 0 aliphatic carbocycles. The number of aliphatic hydroxyl groups is 1. The first-order valence-electron chi connectivity index (χ1n) is 9.61. The summed E-state index contributed by atoms with van der Waals surface area (Å²) in [6.45, 7) is 3.23. The predicted molar refractivity (Wildman–Crippen MR) is 109 cm³/mol. The highest BCUT2D eigenvalue weighted by molar-refractivity contribution is 5.80. The Morgan fingerprint density at radius 2 is 2.07 bits per heavy atom. The molecule has 29 heavy (non-hydrogen) atoms. The van der Waals surface area contributed by atoms with Gasteiger partial charge in [-0.25, -0.2) is 4.39 Å². The molecule has 150 valence electrons. The molecule has 0 amide bonds. The molecule has 3 aromatic rings. The van der Waals surface area contributed by atoms with Gasteiger partial charge in [0.25, 0.3) is 0 Å². The molecule has 7 heteroatoms. The van der Waals surface area contributed by atoms with Crippen LogP contribution in [0.3, 0.4) is 0 Å². The van der Waals surface area contributed by atoms with Crippen LogP contribution in [0.25, 0.3) is 11.1 Å². The van der Waals surface area contributed by atoms with Crippen LogP contribution in [-0.4, -0.2) is 35.4 Å². The van der Waals surface area contributed by atoms with Gasteiger partial charge in [-0.3, -0.25) is 4.99 Å². The largest absolute Gasteiger partial charge is 0.389 e. The Balaban J connectivity index is 1.43. The highest BCUT2D eigenvalue weighted by atomic mass is 19.1. The van der Waals surface area contributed by atoms with Crippen molar-refractivity contribution in [1.29, 1.82) is 0 Å². The van der Waals surface area contributed by atoms with Crippen molar-refractivity contribution >= 4 is 5.96 Å². The molecule has 6 nitrogen and oxygen atoms in total. The Labute approximate surface area is 168 Å². The van der Waals surface area contributed by atoms with E-state index in [9.17, 15) is 9.50 Å². The Kier molecular flexibility index (Phi) is 5.57. The lowest BCUT2D eigenvalue weighted by Gasteiger charge is -2.19. The second kappa shape index (κ2) is 8.45. The van der Waals surface area contributed by atoms with Gasteiger partial charge in [-0.2, -0.15) is 0 Å². The highest BCUT2D eigenvalue weighted by Crippen LogP contribution is 2.29. The van der Waals surface area contributed by atoms with Gasteiger partial charge in [-0.05, 0) is 17.2 Å². The molecular weight excluding hydrogens is 371 g/mol. The van der Waals surface area contributed by atoms with E-state index >= 15 is 0 Å². The number of nitrogens with zero attached hydrogens (tertiary/aromatic N) is 2. The number of hydrogen-bond donors (Lipinski definition) is 3. The van der Waals surface area contributed by atoms with E-state index in [0.29, 0.717) is 36.9 Å². The molecule has 1 aromatic heterocycles. The monoisotopic (exact) mass is 394 g/mol. The summed E-state index contributed by atoms with van der Waals surface area (Å²) in [7, 11) is 0. The summed E-state index contributed by atoms with van der Waals surface area (Å²) in [5, 5.41) is 19.7. The fourth-order valence-corrected chi connectivity index (χ4v) is 3.26. The van der Waals surface area contributed by atoms with Crippen LogP contribution < -0.4 is 10.6 Å². The third-order valence-electron chi connectivity index (χ3n) is 4.99. The first kappa shape index (κ1) is 19.1. The zero-order chi connectivity index (χ0) is 20.2. The van der Waals surface area contributed by atoms with Crippen molar-refractivity contribution in [3.8, 4) is 11.1 Å². The van der Waals surface area contributed by atoms with Crippen molar-refractivity contribution in [3.05, 3.63) is 77.4 Å². The average molecular weight is 394 g/mol. The molecule has 0 bridgehead atoms. The first-order valence-corrected chi connectivity index (χ1v) is 9.61. The summed E-state index contributed by atoms with van der Waals surface area (Å²) in [5.41, 5.74) is 3.01. The Hall–Kier alpha value is -3.19. The minimum absolute atomic E-state index is 0.105. The number of halogens is 1. The van der Waals surface area contributed by atoms with Crippen molar-refractivity contribution in [3.63, 3.8) is 0 Å². The number of aliphatic imine (C=N–C) groups is 1. The van der Waals surface area contributed by atoms with Crippen LogP contribution >= 0.6 is 0 Å². The molecule has 0 saturated heterocycles. The number of aliphatic hydroxyl groups excluding tert-OH is 1. The molecule has 2 aromatic carbocycles. The first-order chi connectivity index (χ1) is 14.1. The molecule has 2 atom stereocenters. The van der Waals surface area contributed by atoms with Crippen LogP contribution in [-0.2, 0) is 6.54 Å². The number of benzene rings is 2. The normalized spacial score (nSPS) is 17.3. The van der Waals surface area contributed by atoms with Gasteiger partial charge in [0.2, 0.25) is 0 Å². The molecular formula is C22H23FN4O2. The van der Waals surface area contributed by atoms with Gasteiger partial charge in [0, 0.05) is 24.1 Å². The van der Waals surface area contributed by atoms with Crippen LogP contribution in [0.15, 0.2) is 64.1 Å². The lowest BCUT2D eigenvalue weighted by molar-refractivity contribution is 0.180. The summed E-state index contributed by atoms with van der Waals surface area (Å²) in [6, 6.07) is 16.6. The predicted octanol–water partition coefficient (Wildman–Crippen LogP) is 3.04. The zero-order valence-electron chi connectivity index (χ0n) is 16.1. The Bertz CT molecular complexity index is 1000. The Morgan fingerprint density at radius 3 is 2.79 bits per heavy atom. The van der Waals surface area contributed by atoms with Crippen molar-refractivity contribution in [1.82, 2.24) is 15.8 Å². The fraction of sp³-hybridized carbons (Fsp3) is 0.273. The summed E-state index contributed by atoms with van der Waals surface area (Å²) < 4.78 is 20.1. The molecule has 0 saturated carbocycles. The van der Waals surface area contributed by atoms with Gasteiger partial charge in [0.1, 0.15) is 5.82 Å². The number of rotatable bonds is 5. The third kappa shape index (κ3) is 4.46. The van der Waals surface area contributed by atoms with Gasteiger partial charge >= 0.3 is 0 Å². The van der Waals surface area contributed by atoms with E-state index in [1.165, 1.54) is 0 Å². The summed E-state index contributed by atoms with van der Waals surface area (Å²) in [5.74, 6) is 0.922. The van der Waals surface area contributed by atoms with E-state index in [1.54, 1.807) is 12.1 Å². The molecule has 3 N–H and O–H groups in total. The fourth-order valence-electron chi connectivity index (χ4n) is 3.26. The van der Waals surface area contributed by atoms with E-state index in [0.717, 1.165) is 16.8 Å². The second-order valence-electron chi connectivity index (χ2n) is 7.12. The lowest BCUT2D eigenvalue weighted by atomic mass is 9.94. The van der Waals surface area contributed by atoms with Crippen molar-refractivity contribution in [2.75, 3.05) is 13.1 Å². The van der Waals surface area contributed by atoms with Crippen LogP contribution in [0.1, 0.15) is 29.9 Å². The summed E-state index contributed by atoms with van der Waals surface area (Å²) in [4.78, 5) is 4.20. The van der Waals surface area contributed by atoms with Crippen LogP contribution in [0, 0.1) is 5.82 Å². The maximum Gasteiger partial charge on any atom is 0.191 e. The number of aromatic nitrogens is 1. The third-order valence-corrected chi connectivity index (χ3v) is 4.99. The van der Waals surface area contributed by atoms with E-state index < -0.39 is 6.10 Å². The van der Waals surface area contributed by atoms with Gasteiger partial charge in [-0.1, -0.05) is 54.5 Å². The van der Waals surface area contributed by atoms with Gasteiger partial charge in [0.15, 0.2) is 11.7 Å². The smallest absolute Gasteiger partial charge is 0.191 e. The SMILES string of the molecule is CC(c1ccc(-c2ccccc2)c(F)c1)c1cc(CNC2=NCC(O)CN2)on1. The van der Waals surface area contributed by atoms with E-state index in [2.05, 4.69) is 20.8 Å². The number of β-amino-alcohol motifs (C(OH)–C–C–N with tert-alkyl or cyclic N) is 1. The Morgan fingerprint density at radius 1 is 1.24 bits per heavy atom. The maximum atomic E-state index is 14.7. The summed E-state index contributed by atoms with van der Waals surface area (Å²) >= 11 is 0. The van der Waals surface area contributed by atoms with E-state index in [1.807, 2.05) is 49.4 Å².